The van der Waals surface area contributed by atoms with Gasteiger partial charge in [-0.25, -0.2) is 0 Å². The van der Waals surface area contributed by atoms with Gasteiger partial charge in [-0.2, -0.15) is 0 Å². The number of hydrogen-bond acceptors (Lipinski definition) is 3. The van der Waals surface area contributed by atoms with Gasteiger partial charge in [-0.15, -0.1) is 0 Å². The molecule has 1 saturated heterocycles. The first-order valence-electron chi connectivity index (χ1n) is 6.83. The normalized spacial score (nSPS) is 19.0. The summed E-state index contributed by atoms with van der Waals surface area (Å²) >= 11 is 0. The van der Waals surface area contributed by atoms with Crippen LogP contribution in [-0.4, -0.2) is 48.4 Å². The van der Waals surface area contributed by atoms with E-state index in [0.29, 0.717) is 19.0 Å². The minimum atomic E-state index is -0.0837. The molecule has 0 aromatic carbocycles. The molecule has 0 bridgehead atoms. The van der Waals surface area contributed by atoms with Crippen LogP contribution >= 0.6 is 0 Å². The van der Waals surface area contributed by atoms with Crippen molar-refractivity contribution in [3.8, 4) is 0 Å². The van der Waals surface area contributed by atoms with Gasteiger partial charge < -0.3 is 15.5 Å². The lowest BCUT2D eigenvalue weighted by Crippen LogP contribution is -2.44. The highest BCUT2D eigenvalue weighted by Gasteiger charge is 2.22. The van der Waals surface area contributed by atoms with E-state index in [4.69, 9.17) is 0 Å². The molecule has 1 rings (SSSR count). The molecule has 18 heavy (non-hydrogen) atoms. The fourth-order valence-electron chi connectivity index (χ4n) is 2.19. The highest BCUT2D eigenvalue weighted by atomic mass is 16.2. The predicted octanol–water partition coefficient (Wildman–Crippen LogP) is 0.502. The molecule has 1 aliphatic heterocycles. The first kappa shape index (κ1) is 15.0. The van der Waals surface area contributed by atoms with E-state index in [1.165, 1.54) is 0 Å². The van der Waals surface area contributed by atoms with Crippen LogP contribution in [0.3, 0.4) is 0 Å². The Balaban J connectivity index is 2.38. The maximum atomic E-state index is 12.1. The molecule has 0 aliphatic carbocycles. The number of carbonyl (C=O) groups is 2. The Hall–Kier alpha value is -1.10. The number of nitrogens with zero attached hydrogens (tertiary/aromatic N) is 1. The monoisotopic (exact) mass is 255 g/mol. The quantitative estimate of drug-likeness (QED) is 0.726. The van der Waals surface area contributed by atoms with E-state index < -0.39 is 0 Å². The van der Waals surface area contributed by atoms with Crippen molar-refractivity contribution in [3.63, 3.8) is 0 Å². The molecule has 0 radical (unpaired) electrons. The number of nitrogens with one attached hydrogen (secondary N) is 2. The Morgan fingerprint density at radius 3 is 2.67 bits per heavy atom. The van der Waals surface area contributed by atoms with E-state index in [-0.39, 0.29) is 24.4 Å². The van der Waals surface area contributed by atoms with E-state index in [2.05, 4.69) is 10.6 Å². The van der Waals surface area contributed by atoms with Crippen LogP contribution in [0.1, 0.15) is 40.0 Å². The summed E-state index contributed by atoms with van der Waals surface area (Å²) < 4.78 is 0. The zero-order chi connectivity index (χ0) is 13.5. The molecule has 1 aliphatic rings. The van der Waals surface area contributed by atoms with Crippen molar-refractivity contribution in [2.45, 2.75) is 52.1 Å². The summed E-state index contributed by atoms with van der Waals surface area (Å²) in [5, 5.41) is 6.11. The number of hydrogen-bond donors (Lipinski definition) is 2. The van der Waals surface area contributed by atoms with E-state index in [0.717, 1.165) is 19.4 Å². The van der Waals surface area contributed by atoms with Gasteiger partial charge in [-0.1, -0.05) is 0 Å². The summed E-state index contributed by atoms with van der Waals surface area (Å²) in [6.07, 6.45) is 2.70. The fraction of sp³-hybridized carbons (Fsp3) is 0.846. The molecule has 1 fully saturated rings. The summed E-state index contributed by atoms with van der Waals surface area (Å²) in [7, 11) is 0. The molecule has 2 amide bonds. The summed E-state index contributed by atoms with van der Waals surface area (Å²) in [6.45, 7) is 7.48. The largest absolute Gasteiger partial charge is 0.352 e. The van der Waals surface area contributed by atoms with Crippen molar-refractivity contribution in [3.05, 3.63) is 0 Å². The molecule has 0 spiro atoms. The summed E-state index contributed by atoms with van der Waals surface area (Å²) in [5.74, 6) is -0.0182. The lowest BCUT2D eigenvalue weighted by molar-refractivity contribution is -0.136. The smallest absolute Gasteiger partial charge is 0.239 e. The number of rotatable bonds is 6. The van der Waals surface area contributed by atoms with Gasteiger partial charge in [0.25, 0.3) is 0 Å². The van der Waals surface area contributed by atoms with Crippen LogP contribution in [0.15, 0.2) is 0 Å². The lowest BCUT2D eigenvalue weighted by Gasteiger charge is -2.22. The summed E-state index contributed by atoms with van der Waals surface area (Å²) in [4.78, 5) is 25.3. The third kappa shape index (κ3) is 5.04. The van der Waals surface area contributed by atoms with E-state index in [1.807, 2.05) is 20.8 Å². The number of likely N-dealkylation sites (N-methyl/N-ethyl adjacent to an activating group) is 1. The van der Waals surface area contributed by atoms with E-state index in [9.17, 15) is 9.59 Å². The molecule has 1 heterocycles. The Kier molecular flexibility index (Phi) is 6.12. The standard InChI is InChI=1S/C13H25N3O2/c1-4-16(9-12(17)15-10(2)3)13(18)8-11-6-5-7-14-11/h10-11,14H,4-9H2,1-3H3,(H,15,17). The molecule has 104 valence electrons. The van der Waals surface area contributed by atoms with Gasteiger partial charge >= 0.3 is 0 Å². The van der Waals surface area contributed by atoms with E-state index >= 15 is 0 Å². The summed E-state index contributed by atoms with van der Waals surface area (Å²) in [5.41, 5.74) is 0. The maximum Gasteiger partial charge on any atom is 0.239 e. The van der Waals surface area contributed by atoms with Gasteiger partial charge in [0, 0.05) is 25.0 Å². The van der Waals surface area contributed by atoms with Gasteiger partial charge in [0.05, 0.1) is 6.54 Å². The van der Waals surface area contributed by atoms with Crippen molar-refractivity contribution >= 4 is 11.8 Å². The second kappa shape index (κ2) is 7.36. The minimum Gasteiger partial charge on any atom is -0.352 e. The maximum absolute atomic E-state index is 12.1. The van der Waals surface area contributed by atoms with Gasteiger partial charge in [-0.3, -0.25) is 9.59 Å². The first-order valence-corrected chi connectivity index (χ1v) is 6.83. The van der Waals surface area contributed by atoms with Crippen LogP contribution < -0.4 is 10.6 Å². The molecule has 5 nitrogen and oxygen atoms in total. The second-order valence-corrected chi connectivity index (χ2v) is 5.13. The third-order valence-corrected chi connectivity index (χ3v) is 3.10. The van der Waals surface area contributed by atoms with E-state index in [1.54, 1.807) is 4.90 Å². The molecule has 0 saturated carbocycles. The molecular weight excluding hydrogens is 230 g/mol. The average molecular weight is 255 g/mol. The number of amides is 2. The van der Waals surface area contributed by atoms with Crippen LogP contribution in [0.5, 0.6) is 0 Å². The zero-order valence-electron chi connectivity index (χ0n) is 11.7. The average Bonchev–Trinajstić information content (AvgIpc) is 2.77. The molecule has 1 unspecified atom stereocenters. The van der Waals surface area contributed by atoms with Crippen LogP contribution in [0.4, 0.5) is 0 Å². The number of carbonyl (C=O) groups excluding carboxylic acids is 2. The highest BCUT2D eigenvalue weighted by molar-refractivity contribution is 5.85. The Morgan fingerprint density at radius 1 is 1.44 bits per heavy atom. The van der Waals surface area contributed by atoms with Gasteiger partial charge in [0.15, 0.2) is 0 Å². The first-order chi connectivity index (χ1) is 8.52. The molecule has 5 heteroatoms. The highest BCUT2D eigenvalue weighted by Crippen LogP contribution is 2.10. The molecular formula is C13H25N3O2. The third-order valence-electron chi connectivity index (χ3n) is 3.10. The predicted molar refractivity (Wildman–Crippen MR) is 71.2 cm³/mol. The lowest BCUT2D eigenvalue weighted by atomic mass is 10.1. The van der Waals surface area contributed by atoms with Gasteiger partial charge in [-0.05, 0) is 40.2 Å². The van der Waals surface area contributed by atoms with Crippen LogP contribution in [0.25, 0.3) is 0 Å². The molecule has 2 N–H and O–H groups in total. The van der Waals surface area contributed by atoms with Crippen molar-refractivity contribution < 1.29 is 9.59 Å². The Bertz CT molecular complexity index is 286. The second-order valence-electron chi connectivity index (χ2n) is 5.13. The van der Waals surface area contributed by atoms with Gasteiger partial charge in [0.1, 0.15) is 0 Å². The van der Waals surface area contributed by atoms with Crippen LogP contribution in [0.2, 0.25) is 0 Å². The van der Waals surface area contributed by atoms with Gasteiger partial charge in [0.2, 0.25) is 11.8 Å². The van der Waals surface area contributed by atoms with Crippen molar-refractivity contribution in [2.75, 3.05) is 19.6 Å². The Labute approximate surface area is 109 Å². The molecule has 1 atom stereocenters. The molecule has 0 aromatic heterocycles. The SMILES string of the molecule is CCN(CC(=O)NC(C)C)C(=O)CC1CCCN1. The summed E-state index contributed by atoms with van der Waals surface area (Å²) in [6, 6.07) is 0.405. The Morgan fingerprint density at radius 2 is 2.17 bits per heavy atom. The van der Waals surface area contributed by atoms with Crippen molar-refractivity contribution in [1.82, 2.24) is 15.5 Å². The zero-order valence-corrected chi connectivity index (χ0v) is 11.7. The fourth-order valence-corrected chi connectivity index (χ4v) is 2.19. The van der Waals surface area contributed by atoms with Crippen molar-refractivity contribution in [1.29, 1.82) is 0 Å². The molecule has 0 aromatic rings. The minimum absolute atomic E-state index is 0.0656. The van der Waals surface area contributed by atoms with Crippen LogP contribution in [-0.2, 0) is 9.59 Å². The van der Waals surface area contributed by atoms with Crippen LogP contribution in [0, 0.1) is 0 Å². The topological polar surface area (TPSA) is 61.4 Å². The van der Waals surface area contributed by atoms with Crippen molar-refractivity contribution in [2.24, 2.45) is 0 Å².